The van der Waals surface area contributed by atoms with Gasteiger partial charge in [-0.2, -0.15) is 23.0 Å². The van der Waals surface area contributed by atoms with Gasteiger partial charge >= 0.3 is 6.18 Å². The van der Waals surface area contributed by atoms with Gasteiger partial charge in [0.25, 0.3) is 5.91 Å². The number of halogens is 3. The molecule has 0 saturated carbocycles. The van der Waals surface area contributed by atoms with Crippen LogP contribution in [0.15, 0.2) is 69.2 Å². The molecule has 0 atom stereocenters. The van der Waals surface area contributed by atoms with Gasteiger partial charge in [0.05, 0.1) is 17.5 Å². The smallest absolute Gasteiger partial charge is 0.378 e. The number of alkyl halides is 3. The van der Waals surface area contributed by atoms with Crippen molar-refractivity contribution in [3.8, 4) is 5.82 Å². The normalized spacial score (nSPS) is 11.7. The third-order valence-electron chi connectivity index (χ3n) is 4.43. The fourth-order valence-corrected chi connectivity index (χ4v) is 3.78. The van der Waals surface area contributed by atoms with E-state index in [4.69, 9.17) is 5.73 Å². The average Bonchev–Trinajstić information content (AvgIpc) is 3.43. The number of thioether (sulfide) groups is 1. The standard InChI is InChI=1S/C20H15F3N8O2S/c21-20(22,23)14-9-5-4-6-12(14)10-25-27-19(32)16-15(11-34-13-7-2-1-3-8-13)31(30-26-16)18-17(24)28-33-29-18/h1-10H,11H2,(H2,24,28)(H,27,32). The van der Waals surface area contributed by atoms with Gasteiger partial charge < -0.3 is 5.73 Å². The summed E-state index contributed by atoms with van der Waals surface area (Å²) in [4.78, 5) is 13.7. The van der Waals surface area contributed by atoms with Gasteiger partial charge in [-0.05, 0) is 28.5 Å². The van der Waals surface area contributed by atoms with E-state index in [2.05, 4.69) is 35.8 Å². The molecule has 2 heterocycles. The van der Waals surface area contributed by atoms with Crippen molar-refractivity contribution < 1.29 is 22.6 Å². The first-order chi connectivity index (χ1) is 16.3. The Hall–Kier alpha value is -4.20. The van der Waals surface area contributed by atoms with E-state index in [-0.39, 0.29) is 28.6 Å². The predicted molar refractivity (Wildman–Crippen MR) is 116 cm³/mol. The first kappa shape index (κ1) is 23.0. The van der Waals surface area contributed by atoms with Crippen molar-refractivity contribution in [1.29, 1.82) is 0 Å². The van der Waals surface area contributed by atoms with Crippen LogP contribution in [0.1, 0.15) is 27.3 Å². The summed E-state index contributed by atoms with van der Waals surface area (Å²) in [6.07, 6.45) is -3.66. The first-order valence-corrected chi connectivity index (χ1v) is 10.5. The van der Waals surface area contributed by atoms with Crippen molar-refractivity contribution in [3.05, 3.63) is 77.1 Å². The van der Waals surface area contributed by atoms with Crippen LogP contribution in [-0.4, -0.2) is 37.4 Å². The third-order valence-corrected chi connectivity index (χ3v) is 5.45. The highest BCUT2D eigenvalue weighted by molar-refractivity contribution is 7.98. The summed E-state index contributed by atoms with van der Waals surface area (Å²) < 4.78 is 45.2. The van der Waals surface area contributed by atoms with Crippen molar-refractivity contribution in [1.82, 2.24) is 30.7 Å². The summed E-state index contributed by atoms with van der Waals surface area (Å²) in [6.45, 7) is 0. The van der Waals surface area contributed by atoms with Gasteiger partial charge in [0, 0.05) is 16.2 Å². The third kappa shape index (κ3) is 5.06. The molecule has 1 amide bonds. The monoisotopic (exact) mass is 488 g/mol. The maximum Gasteiger partial charge on any atom is 0.417 e. The zero-order valence-electron chi connectivity index (χ0n) is 17.1. The number of hydrogen-bond donors (Lipinski definition) is 2. The molecule has 34 heavy (non-hydrogen) atoms. The lowest BCUT2D eigenvalue weighted by molar-refractivity contribution is -0.137. The summed E-state index contributed by atoms with van der Waals surface area (Å²) in [5.74, 6) is -0.583. The molecule has 0 fully saturated rings. The molecule has 10 nitrogen and oxygen atoms in total. The second-order valence-corrected chi connectivity index (χ2v) is 7.70. The minimum absolute atomic E-state index is 0.0396. The molecule has 0 aliphatic heterocycles. The van der Waals surface area contributed by atoms with Crippen molar-refractivity contribution in [2.24, 2.45) is 5.10 Å². The van der Waals surface area contributed by atoms with Crippen LogP contribution in [0, 0.1) is 0 Å². The van der Waals surface area contributed by atoms with E-state index >= 15 is 0 Å². The number of rotatable bonds is 7. The lowest BCUT2D eigenvalue weighted by Gasteiger charge is -2.09. The largest absolute Gasteiger partial charge is 0.417 e. The van der Waals surface area contributed by atoms with Crippen molar-refractivity contribution >= 4 is 29.7 Å². The number of hydrogen-bond acceptors (Lipinski definition) is 9. The van der Waals surface area contributed by atoms with Gasteiger partial charge in [-0.15, -0.1) is 16.9 Å². The number of anilines is 1. The lowest BCUT2D eigenvalue weighted by atomic mass is 10.1. The van der Waals surface area contributed by atoms with Crippen molar-refractivity contribution in [3.63, 3.8) is 0 Å². The lowest BCUT2D eigenvalue weighted by Crippen LogP contribution is -2.20. The second kappa shape index (κ2) is 9.74. The Morgan fingerprint density at radius 3 is 2.59 bits per heavy atom. The van der Waals surface area contributed by atoms with Crippen molar-refractivity contribution in [2.45, 2.75) is 16.8 Å². The van der Waals surface area contributed by atoms with Crippen LogP contribution in [0.25, 0.3) is 5.82 Å². The molecular formula is C20H15F3N8O2S. The Labute approximate surface area is 194 Å². The number of hydrazone groups is 1. The van der Waals surface area contributed by atoms with Crippen LogP contribution >= 0.6 is 11.8 Å². The molecule has 4 aromatic rings. The van der Waals surface area contributed by atoms with Crippen LogP contribution in [0.5, 0.6) is 0 Å². The molecule has 0 saturated heterocycles. The van der Waals surface area contributed by atoms with E-state index in [1.807, 2.05) is 30.3 Å². The molecule has 0 bridgehead atoms. The molecule has 0 aliphatic carbocycles. The molecule has 14 heteroatoms. The maximum atomic E-state index is 13.1. The van der Waals surface area contributed by atoms with Crippen molar-refractivity contribution in [2.75, 3.05) is 5.73 Å². The molecule has 0 spiro atoms. The Morgan fingerprint density at radius 1 is 1.15 bits per heavy atom. The zero-order valence-corrected chi connectivity index (χ0v) is 17.9. The molecule has 174 valence electrons. The Kier molecular flexibility index (Phi) is 6.58. The van der Waals surface area contributed by atoms with Crippen LogP contribution in [0.3, 0.4) is 0 Å². The Balaban J connectivity index is 1.58. The van der Waals surface area contributed by atoms with Crippen LogP contribution < -0.4 is 11.2 Å². The Bertz CT molecular complexity index is 1320. The average molecular weight is 488 g/mol. The van der Waals surface area contributed by atoms with Gasteiger partial charge in [0.1, 0.15) is 0 Å². The van der Waals surface area contributed by atoms with Crippen LogP contribution in [0.4, 0.5) is 19.0 Å². The quantitative estimate of drug-likeness (QED) is 0.230. The van der Waals surface area contributed by atoms with Crippen LogP contribution in [0.2, 0.25) is 0 Å². The summed E-state index contributed by atoms with van der Waals surface area (Å²) in [5, 5.41) is 18.6. The summed E-state index contributed by atoms with van der Waals surface area (Å²) >= 11 is 1.39. The van der Waals surface area contributed by atoms with Gasteiger partial charge in [0.15, 0.2) is 5.69 Å². The minimum atomic E-state index is -4.57. The number of nitrogens with one attached hydrogen (secondary N) is 1. The number of nitrogens with zero attached hydrogens (tertiary/aromatic N) is 6. The summed E-state index contributed by atoms with van der Waals surface area (Å²) in [6, 6.07) is 14.2. The number of carbonyl (C=O) groups is 1. The number of nitrogen functional groups attached to an aromatic ring is 1. The maximum absolute atomic E-state index is 13.1. The number of amides is 1. The number of benzene rings is 2. The van der Waals surface area contributed by atoms with E-state index in [0.717, 1.165) is 17.2 Å². The van der Waals surface area contributed by atoms with E-state index in [9.17, 15) is 18.0 Å². The van der Waals surface area contributed by atoms with E-state index < -0.39 is 17.6 Å². The highest BCUT2D eigenvalue weighted by Crippen LogP contribution is 2.31. The number of aromatic nitrogens is 5. The van der Waals surface area contributed by atoms with Gasteiger partial charge in [0.2, 0.25) is 11.6 Å². The molecule has 3 N–H and O–H groups in total. The van der Waals surface area contributed by atoms with E-state index in [0.29, 0.717) is 5.69 Å². The van der Waals surface area contributed by atoms with Gasteiger partial charge in [-0.25, -0.2) is 10.1 Å². The zero-order chi connectivity index (χ0) is 24.1. The first-order valence-electron chi connectivity index (χ1n) is 9.55. The summed E-state index contributed by atoms with van der Waals surface area (Å²) in [7, 11) is 0. The number of carbonyl (C=O) groups excluding carboxylic acids is 1. The molecule has 2 aromatic carbocycles. The molecular weight excluding hydrogens is 473 g/mol. The highest BCUT2D eigenvalue weighted by Gasteiger charge is 2.32. The van der Waals surface area contributed by atoms with E-state index in [1.165, 1.54) is 34.6 Å². The molecule has 0 unspecified atom stereocenters. The molecule has 4 rings (SSSR count). The van der Waals surface area contributed by atoms with Gasteiger partial charge in [-0.3, -0.25) is 4.79 Å². The molecule has 0 radical (unpaired) electrons. The van der Waals surface area contributed by atoms with E-state index in [1.54, 1.807) is 0 Å². The number of nitrogens with two attached hydrogens (primary N) is 1. The fraction of sp³-hybridized carbons (Fsp3) is 0.100. The molecule has 0 aliphatic rings. The molecule has 2 aromatic heterocycles. The van der Waals surface area contributed by atoms with Gasteiger partial charge in [-0.1, -0.05) is 41.6 Å². The second-order valence-electron chi connectivity index (χ2n) is 6.66. The summed E-state index contributed by atoms with van der Waals surface area (Å²) in [5.41, 5.74) is 7.03. The fourth-order valence-electron chi connectivity index (χ4n) is 2.86. The highest BCUT2D eigenvalue weighted by atomic mass is 32.2. The minimum Gasteiger partial charge on any atom is -0.378 e. The Morgan fingerprint density at radius 2 is 1.88 bits per heavy atom. The van der Waals surface area contributed by atoms with Crippen LogP contribution in [-0.2, 0) is 11.9 Å². The predicted octanol–water partition coefficient (Wildman–Crippen LogP) is 3.31. The SMILES string of the molecule is Nc1nonc1-n1nnc(C(=O)NN=Cc2ccccc2C(F)(F)F)c1CSc1ccccc1. The topological polar surface area (TPSA) is 137 Å².